The number of fused-ring (bicyclic) bond motifs is 1. The van der Waals surface area contributed by atoms with Gasteiger partial charge in [0.1, 0.15) is 0 Å². The fraction of sp³-hybridized carbons (Fsp3) is 0.200. The highest BCUT2D eigenvalue weighted by Crippen LogP contribution is 2.21. The van der Waals surface area contributed by atoms with E-state index in [-0.39, 0.29) is 6.61 Å². The maximum Gasteiger partial charge on any atom is 0.346 e. The molecule has 4 nitrogen and oxygen atoms in total. The van der Waals surface area contributed by atoms with Gasteiger partial charge in [-0.15, -0.1) is 0 Å². The van der Waals surface area contributed by atoms with Crippen LogP contribution in [-0.2, 0) is 11.2 Å². The maximum atomic E-state index is 11.1. The van der Waals surface area contributed by atoms with Crippen LogP contribution in [0.4, 0.5) is 0 Å². The summed E-state index contributed by atoms with van der Waals surface area (Å²) in [6.45, 7) is 0.0157. The van der Waals surface area contributed by atoms with Crippen LogP contribution in [0.15, 0.2) is 18.2 Å². The molecule has 1 aromatic rings. The Morgan fingerprint density at radius 2 is 1.86 bits per heavy atom. The average molecular weight is 192 g/mol. The molecule has 1 N–H and O–H groups in total. The van der Waals surface area contributed by atoms with Crippen LogP contribution in [0.1, 0.15) is 26.3 Å². The summed E-state index contributed by atoms with van der Waals surface area (Å²) in [5.74, 6) is -1.20. The van der Waals surface area contributed by atoms with Gasteiger partial charge >= 0.3 is 11.9 Å². The summed E-state index contributed by atoms with van der Waals surface area (Å²) < 4.78 is 4.42. The van der Waals surface area contributed by atoms with E-state index in [0.717, 1.165) is 5.56 Å². The number of hydrogen-bond acceptors (Lipinski definition) is 4. The van der Waals surface area contributed by atoms with Crippen LogP contribution < -0.4 is 0 Å². The predicted octanol–water partition coefficient (Wildman–Crippen LogP) is 0.532. The van der Waals surface area contributed by atoms with Gasteiger partial charge in [-0.2, -0.15) is 0 Å². The van der Waals surface area contributed by atoms with Gasteiger partial charge in [-0.1, -0.05) is 6.07 Å². The fourth-order valence-electron chi connectivity index (χ4n) is 1.42. The molecular weight excluding hydrogens is 184 g/mol. The van der Waals surface area contributed by atoms with Crippen LogP contribution >= 0.6 is 0 Å². The molecule has 1 aliphatic heterocycles. The zero-order valence-corrected chi connectivity index (χ0v) is 7.32. The highest BCUT2D eigenvalue weighted by atomic mass is 16.6. The van der Waals surface area contributed by atoms with Gasteiger partial charge in [-0.25, -0.2) is 9.59 Å². The fourth-order valence-corrected chi connectivity index (χ4v) is 1.42. The van der Waals surface area contributed by atoms with Crippen LogP contribution in [-0.4, -0.2) is 23.7 Å². The maximum absolute atomic E-state index is 11.1. The first kappa shape index (κ1) is 8.90. The molecule has 0 spiro atoms. The zero-order valence-electron chi connectivity index (χ0n) is 7.32. The normalized spacial score (nSPS) is 14.1. The Hall–Kier alpha value is -1.68. The molecule has 0 radical (unpaired) electrons. The summed E-state index contributed by atoms with van der Waals surface area (Å²) >= 11 is 0. The minimum atomic E-state index is -0.607. The summed E-state index contributed by atoms with van der Waals surface area (Å²) in [6, 6.07) is 4.83. The van der Waals surface area contributed by atoms with E-state index >= 15 is 0 Å². The number of carbonyl (C=O) groups is 2. The van der Waals surface area contributed by atoms with Gasteiger partial charge in [0.25, 0.3) is 0 Å². The smallest absolute Gasteiger partial charge is 0.346 e. The van der Waals surface area contributed by atoms with Crippen LogP contribution in [0.2, 0.25) is 0 Å². The Labute approximate surface area is 80.1 Å². The Kier molecular flexibility index (Phi) is 2.05. The number of hydrogen-bond donors (Lipinski definition) is 1. The van der Waals surface area contributed by atoms with Gasteiger partial charge in [0.05, 0.1) is 11.1 Å². The highest BCUT2D eigenvalue weighted by molar-refractivity contribution is 6.14. The summed E-state index contributed by atoms with van der Waals surface area (Å²) in [6.07, 6.45) is 0.467. The first-order valence-corrected chi connectivity index (χ1v) is 4.22. The lowest BCUT2D eigenvalue weighted by atomic mass is 10.0. The SMILES string of the molecule is O=C1OC(=O)c2cc(CCO)ccc21. The molecule has 0 aromatic heterocycles. The Morgan fingerprint density at radius 1 is 1.14 bits per heavy atom. The molecular formula is C10H8O4. The van der Waals surface area contributed by atoms with Crippen LogP contribution in [0, 0.1) is 0 Å². The lowest BCUT2D eigenvalue weighted by Gasteiger charge is -1.98. The van der Waals surface area contributed by atoms with Gasteiger partial charge in [0.15, 0.2) is 0 Å². The number of rotatable bonds is 2. The number of carbonyl (C=O) groups excluding carboxylic acids is 2. The molecule has 0 amide bonds. The van der Waals surface area contributed by atoms with Crippen molar-refractivity contribution in [2.45, 2.75) is 6.42 Å². The number of cyclic esters (lactones) is 2. The van der Waals surface area contributed by atoms with Crippen molar-refractivity contribution in [1.29, 1.82) is 0 Å². The first-order chi connectivity index (χ1) is 6.72. The van der Waals surface area contributed by atoms with Gasteiger partial charge in [-0.3, -0.25) is 0 Å². The number of benzene rings is 1. The summed E-state index contributed by atoms with van der Waals surface area (Å²) in [4.78, 5) is 22.2. The number of aliphatic hydroxyl groups excluding tert-OH is 1. The summed E-state index contributed by atoms with van der Waals surface area (Å²) in [5.41, 5.74) is 1.41. The molecule has 0 saturated carbocycles. The lowest BCUT2D eigenvalue weighted by Crippen LogP contribution is -1.97. The summed E-state index contributed by atoms with van der Waals surface area (Å²) in [7, 11) is 0. The second kappa shape index (κ2) is 3.23. The second-order valence-electron chi connectivity index (χ2n) is 3.03. The largest absolute Gasteiger partial charge is 0.396 e. The van der Waals surface area contributed by atoms with E-state index in [1.54, 1.807) is 18.2 Å². The highest BCUT2D eigenvalue weighted by Gasteiger charge is 2.29. The second-order valence-corrected chi connectivity index (χ2v) is 3.03. The van der Waals surface area contributed by atoms with E-state index in [4.69, 9.17) is 5.11 Å². The van der Waals surface area contributed by atoms with Crippen molar-refractivity contribution in [2.75, 3.05) is 6.61 Å². The third-order valence-corrected chi connectivity index (χ3v) is 2.11. The standard InChI is InChI=1S/C10H8O4/c11-4-3-6-1-2-7-8(5-6)10(13)14-9(7)12/h1-2,5,11H,3-4H2. The van der Waals surface area contributed by atoms with Crippen molar-refractivity contribution >= 4 is 11.9 Å². The van der Waals surface area contributed by atoms with Crippen molar-refractivity contribution in [2.24, 2.45) is 0 Å². The van der Waals surface area contributed by atoms with Gasteiger partial charge in [0, 0.05) is 6.61 Å². The molecule has 4 heteroatoms. The quantitative estimate of drug-likeness (QED) is 0.548. The average Bonchev–Trinajstić information content (AvgIpc) is 2.43. The van der Waals surface area contributed by atoms with Gasteiger partial charge in [0.2, 0.25) is 0 Å². The number of aliphatic hydroxyl groups is 1. The molecule has 0 atom stereocenters. The molecule has 1 heterocycles. The minimum Gasteiger partial charge on any atom is -0.396 e. The topological polar surface area (TPSA) is 63.6 Å². The predicted molar refractivity (Wildman–Crippen MR) is 47.0 cm³/mol. The van der Waals surface area contributed by atoms with Crippen LogP contribution in [0.5, 0.6) is 0 Å². The van der Waals surface area contributed by atoms with Crippen LogP contribution in [0.25, 0.3) is 0 Å². The Morgan fingerprint density at radius 3 is 2.57 bits per heavy atom. The molecule has 1 aromatic carbocycles. The molecule has 14 heavy (non-hydrogen) atoms. The van der Waals surface area contributed by atoms with Crippen molar-refractivity contribution < 1.29 is 19.4 Å². The van der Waals surface area contributed by atoms with E-state index in [9.17, 15) is 9.59 Å². The van der Waals surface area contributed by atoms with E-state index in [1.807, 2.05) is 0 Å². The Bertz CT molecular complexity index is 409. The van der Waals surface area contributed by atoms with Crippen molar-refractivity contribution in [3.63, 3.8) is 0 Å². The van der Waals surface area contributed by atoms with Crippen LogP contribution in [0.3, 0.4) is 0 Å². The number of esters is 2. The van der Waals surface area contributed by atoms with Crippen molar-refractivity contribution in [1.82, 2.24) is 0 Å². The molecule has 72 valence electrons. The Balaban J connectivity index is 2.44. The zero-order chi connectivity index (χ0) is 10.1. The third kappa shape index (κ3) is 1.29. The molecule has 0 fully saturated rings. The molecule has 0 saturated heterocycles. The molecule has 0 bridgehead atoms. The van der Waals surface area contributed by atoms with Gasteiger partial charge in [-0.05, 0) is 24.1 Å². The van der Waals surface area contributed by atoms with E-state index in [1.165, 1.54) is 0 Å². The minimum absolute atomic E-state index is 0.0157. The molecule has 0 aliphatic carbocycles. The van der Waals surface area contributed by atoms with E-state index in [2.05, 4.69) is 4.74 Å². The molecule has 0 unspecified atom stereocenters. The van der Waals surface area contributed by atoms with E-state index < -0.39 is 11.9 Å². The first-order valence-electron chi connectivity index (χ1n) is 4.22. The van der Waals surface area contributed by atoms with Gasteiger partial charge < -0.3 is 9.84 Å². The molecule has 1 aliphatic rings. The third-order valence-electron chi connectivity index (χ3n) is 2.11. The van der Waals surface area contributed by atoms with Crippen molar-refractivity contribution in [3.05, 3.63) is 34.9 Å². The monoisotopic (exact) mass is 192 g/mol. The lowest BCUT2D eigenvalue weighted by molar-refractivity contribution is 0.0443. The van der Waals surface area contributed by atoms with E-state index in [0.29, 0.717) is 17.5 Å². The van der Waals surface area contributed by atoms with Crippen molar-refractivity contribution in [3.8, 4) is 0 Å². The summed E-state index contributed by atoms with van der Waals surface area (Å²) in [5, 5.41) is 8.70. The molecule has 2 rings (SSSR count). The number of ether oxygens (including phenoxy) is 1.